The van der Waals surface area contributed by atoms with Crippen LogP contribution in [0.5, 0.6) is 0 Å². The Morgan fingerprint density at radius 3 is 2.88 bits per heavy atom. The van der Waals surface area contributed by atoms with Crippen LogP contribution in [-0.4, -0.2) is 11.9 Å². The summed E-state index contributed by atoms with van der Waals surface area (Å²) in [6.45, 7) is 2.10. The normalized spacial score (nSPS) is 17.3. The van der Waals surface area contributed by atoms with Crippen molar-refractivity contribution in [3.05, 3.63) is 21.9 Å². The summed E-state index contributed by atoms with van der Waals surface area (Å²) in [6.07, 6.45) is 7.09. The third-order valence-corrected chi connectivity index (χ3v) is 4.23. The third kappa shape index (κ3) is 2.64. The van der Waals surface area contributed by atoms with E-state index < -0.39 is 0 Å². The largest absolute Gasteiger partial charge is 0.349 e. The highest BCUT2D eigenvalue weighted by molar-refractivity contribution is 7.12. The molecule has 0 radical (unpaired) electrons. The first-order valence-electron chi connectivity index (χ1n) is 6.18. The second-order valence-electron chi connectivity index (χ2n) is 4.44. The van der Waals surface area contributed by atoms with E-state index in [1.54, 1.807) is 11.3 Å². The molecule has 1 aliphatic carbocycles. The Kier molecular flexibility index (Phi) is 3.99. The number of hydrogen-bond donors (Lipinski definition) is 1. The van der Waals surface area contributed by atoms with Crippen LogP contribution in [-0.2, 0) is 6.42 Å². The highest BCUT2D eigenvalue weighted by Crippen LogP contribution is 2.20. The van der Waals surface area contributed by atoms with E-state index in [0.717, 1.165) is 24.1 Å². The summed E-state index contributed by atoms with van der Waals surface area (Å²) in [5.74, 6) is 0.138. The fraction of sp³-hybridized carbons (Fsp3) is 0.615. The molecular weight excluding hydrogens is 218 g/mol. The molecule has 1 aromatic rings. The average molecular weight is 237 g/mol. The molecule has 1 fully saturated rings. The van der Waals surface area contributed by atoms with Gasteiger partial charge in [0.2, 0.25) is 0 Å². The molecule has 0 aromatic carbocycles. The molecule has 0 saturated heterocycles. The van der Waals surface area contributed by atoms with Crippen LogP contribution in [0.1, 0.15) is 54.3 Å². The molecule has 3 heteroatoms. The average Bonchev–Trinajstić information content (AvgIpc) is 2.78. The van der Waals surface area contributed by atoms with Crippen molar-refractivity contribution in [2.24, 2.45) is 0 Å². The van der Waals surface area contributed by atoms with Crippen molar-refractivity contribution in [2.45, 2.75) is 51.5 Å². The van der Waals surface area contributed by atoms with Crippen molar-refractivity contribution in [3.8, 4) is 0 Å². The molecule has 0 spiro atoms. The van der Waals surface area contributed by atoms with Crippen molar-refractivity contribution in [1.82, 2.24) is 5.32 Å². The van der Waals surface area contributed by atoms with E-state index in [9.17, 15) is 4.79 Å². The first-order valence-corrected chi connectivity index (χ1v) is 7.06. The zero-order valence-corrected chi connectivity index (χ0v) is 10.6. The number of rotatable bonds is 3. The predicted octanol–water partition coefficient (Wildman–Crippen LogP) is 3.37. The number of thiophene rings is 1. The van der Waals surface area contributed by atoms with Gasteiger partial charge in [0.05, 0.1) is 4.88 Å². The molecule has 1 amide bonds. The molecule has 2 nitrogen and oxygen atoms in total. The van der Waals surface area contributed by atoms with Crippen LogP contribution in [0.4, 0.5) is 0 Å². The van der Waals surface area contributed by atoms with Gasteiger partial charge in [0.25, 0.3) is 5.91 Å². The number of amides is 1. The van der Waals surface area contributed by atoms with E-state index in [0.29, 0.717) is 6.04 Å². The van der Waals surface area contributed by atoms with Gasteiger partial charge in [-0.1, -0.05) is 26.2 Å². The molecule has 0 aliphatic heterocycles. The zero-order valence-electron chi connectivity index (χ0n) is 9.79. The van der Waals surface area contributed by atoms with Gasteiger partial charge in [-0.3, -0.25) is 4.79 Å². The summed E-state index contributed by atoms with van der Waals surface area (Å²) >= 11 is 1.56. The molecule has 0 unspecified atom stereocenters. The number of carbonyl (C=O) groups excluding carboxylic acids is 1. The standard InChI is InChI=1S/C13H19NOS/c1-2-10-8-9-16-12(10)13(15)14-11-6-4-3-5-7-11/h8-9,11H,2-7H2,1H3,(H,14,15). The lowest BCUT2D eigenvalue weighted by Gasteiger charge is -2.22. The van der Waals surface area contributed by atoms with Crippen LogP contribution in [0, 0.1) is 0 Å². The smallest absolute Gasteiger partial charge is 0.261 e. The van der Waals surface area contributed by atoms with Crippen LogP contribution >= 0.6 is 11.3 Å². The fourth-order valence-corrected chi connectivity index (χ4v) is 3.21. The monoisotopic (exact) mass is 237 g/mol. The second kappa shape index (κ2) is 5.48. The maximum Gasteiger partial charge on any atom is 0.261 e. The fourth-order valence-electron chi connectivity index (χ4n) is 2.31. The molecular formula is C13H19NOS. The topological polar surface area (TPSA) is 29.1 Å². The molecule has 1 aromatic heterocycles. The van der Waals surface area contributed by atoms with E-state index in [-0.39, 0.29) is 5.91 Å². The SMILES string of the molecule is CCc1ccsc1C(=O)NC1CCCCC1. The maximum absolute atomic E-state index is 12.1. The van der Waals surface area contributed by atoms with Crippen LogP contribution < -0.4 is 5.32 Å². The van der Waals surface area contributed by atoms with Gasteiger partial charge in [0.15, 0.2) is 0 Å². The molecule has 16 heavy (non-hydrogen) atoms. The predicted molar refractivity (Wildman–Crippen MR) is 68.0 cm³/mol. The minimum Gasteiger partial charge on any atom is -0.349 e. The van der Waals surface area contributed by atoms with E-state index in [4.69, 9.17) is 0 Å². The zero-order chi connectivity index (χ0) is 11.4. The Morgan fingerprint density at radius 2 is 2.19 bits per heavy atom. The molecule has 0 bridgehead atoms. The number of nitrogens with one attached hydrogen (secondary N) is 1. The Hall–Kier alpha value is -0.830. The van der Waals surface area contributed by atoms with Crippen molar-refractivity contribution in [1.29, 1.82) is 0 Å². The minimum absolute atomic E-state index is 0.138. The first-order chi connectivity index (χ1) is 7.81. The maximum atomic E-state index is 12.1. The van der Waals surface area contributed by atoms with E-state index in [1.165, 1.54) is 24.8 Å². The van der Waals surface area contributed by atoms with Gasteiger partial charge in [0, 0.05) is 6.04 Å². The van der Waals surface area contributed by atoms with E-state index in [1.807, 2.05) is 5.38 Å². The number of hydrogen-bond acceptors (Lipinski definition) is 2. The van der Waals surface area contributed by atoms with E-state index >= 15 is 0 Å². The van der Waals surface area contributed by atoms with Gasteiger partial charge >= 0.3 is 0 Å². The van der Waals surface area contributed by atoms with Crippen LogP contribution in [0.3, 0.4) is 0 Å². The van der Waals surface area contributed by atoms with Crippen LogP contribution in [0.25, 0.3) is 0 Å². The highest BCUT2D eigenvalue weighted by Gasteiger charge is 2.18. The van der Waals surface area contributed by atoms with Crippen molar-refractivity contribution in [3.63, 3.8) is 0 Å². The summed E-state index contributed by atoms with van der Waals surface area (Å²) in [5, 5.41) is 5.18. The van der Waals surface area contributed by atoms with Gasteiger partial charge in [-0.15, -0.1) is 11.3 Å². The Bertz CT molecular complexity index is 353. The van der Waals surface area contributed by atoms with Crippen LogP contribution in [0.2, 0.25) is 0 Å². The summed E-state index contributed by atoms with van der Waals surface area (Å²) in [5.41, 5.74) is 1.18. The van der Waals surface area contributed by atoms with Crippen molar-refractivity contribution in [2.75, 3.05) is 0 Å². The summed E-state index contributed by atoms with van der Waals surface area (Å²) in [4.78, 5) is 13.0. The second-order valence-corrected chi connectivity index (χ2v) is 5.35. The van der Waals surface area contributed by atoms with Crippen molar-refractivity contribution >= 4 is 17.2 Å². The lowest BCUT2D eigenvalue weighted by Crippen LogP contribution is -2.36. The molecule has 1 heterocycles. The minimum atomic E-state index is 0.138. The quantitative estimate of drug-likeness (QED) is 0.858. The lowest BCUT2D eigenvalue weighted by atomic mass is 9.95. The molecule has 1 N–H and O–H groups in total. The molecule has 2 rings (SSSR count). The Labute approximate surface area is 101 Å². The van der Waals surface area contributed by atoms with Gasteiger partial charge in [-0.05, 0) is 36.3 Å². The molecule has 1 saturated carbocycles. The first kappa shape index (κ1) is 11.6. The van der Waals surface area contributed by atoms with Gasteiger partial charge < -0.3 is 5.32 Å². The molecule has 0 atom stereocenters. The van der Waals surface area contributed by atoms with Gasteiger partial charge in [0.1, 0.15) is 0 Å². The summed E-state index contributed by atoms with van der Waals surface area (Å²) in [6, 6.07) is 2.47. The number of aryl methyl sites for hydroxylation is 1. The lowest BCUT2D eigenvalue weighted by molar-refractivity contribution is 0.0931. The molecule has 1 aliphatic rings. The Morgan fingerprint density at radius 1 is 1.44 bits per heavy atom. The molecule has 88 valence electrons. The van der Waals surface area contributed by atoms with Gasteiger partial charge in [-0.25, -0.2) is 0 Å². The summed E-state index contributed by atoms with van der Waals surface area (Å²) < 4.78 is 0. The third-order valence-electron chi connectivity index (χ3n) is 3.27. The van der Waals surface area contributed by atoms with Crippen LogP contribution in [0.15, 0.2) is 11.4 Å². The number of carbonyl (C=O) groups is 1. The Balaban J connectivity index is 1.96. The van der Waals surface area contributed by atoms with Crippen molar-refractivity contribution < 1.29 is 4.79 Å². The van der Waals surface area contributed by atoms with E-state index in [2.05, 4.69) is 18.3 Å². The summed E-state index contributed by atoms with van der Waals surface area (Å²) in [7, 11) is 0. The highest BCUT2D eigenvalue weighted by atomic mass is 32.1. The van der Waals surface area contributed by atoms with Gasteiger partial charge in [-0.2, -0.15) is 0 Å².